The average Bonchev–Trinajstić information content (AvgIpc) is 2.53. The normalized spacial score (nSPS) is 9.75. The van der Waals surface area contributed by atoms with Gasteiger partial charge in [-0.05, 0) is 12.5 Å². The van der Waals surface area contributed by atoms with Crippen LogP contribution in [0.2, 0.25) is 0 Å². The minimum atomic E-state index is 0.0202. The number of hydrogen-bond acceptors (Lipinski definition) is 2. The zero-order chi connectivity index (χ0) is 8.81. The minimum Gasteiger partial charge on any atom is -0.449 e. The lowest BCUT2D eigenvalue weighted by Crippen LogP contribution is -2.09. The predicted octanol–water partition coefficient (Wildman–Crippen LogP) is 2.41. The van der Waals surface area contributed by atoms with Gasteiger partial charge in [-0.1, -0.05) is 13.3 Å². The maximum Gasteiger partial charge on any atom is 0.226 e. The number of hydrogen-bond donors (Lipinski definition) is 1. The highest BCUT2D eigenvalue weighted by Crippen LogP contribution is 2.07. The third kappa shape index (κ3) is 2.78. The van der Waals surface area contributed by atoms with Gasteiger partial charge in [-0.25, -0.2) is 0 Å². The van der Waals surface area contributed by atoms with E-state index in [0.29, 0.717) is 12.3 Å². The van der Waals surface area contributed by atoms with Crippen LogP contribution in [0.5, 0.6) is 0 Å². The van der Waals surface area contributed by atoms with Crippen LogP contribution in [0.15, 0.2) is 22.8 Å². The van der Waals surface area contributed by atoms with Crippen molar-refractivity contribution >= 4 is 11.8 Å². The van der Waals surface area contributed by atoms with Crippen molar-refractivity contribution in [3.63, 3.8) is 0 Å². The molecule has 0 saturated carbocycles. The smallest absolute Gasteiger partial charge is 0.226 e. The highest BCUT2D eigenvalue weighted by atomic mass is 16.3. The lowest BCUT2D eigenvalue weighted by Gasteiger charge is -1.99. The molecule has 0 saturated heterocycles. The fourth-order valence-corrected chi connectivity index (χ4v) is 0.887. The Morgan fingerprint density at radius 1 is 1.67 bits per heavy atom. The van der Waals surface area contributed by atoms with Crippen molar-refractivity contribution in [1.29, 1.82) is 0 Å². The van der Waals surface area contributed by atoms with Gasteiger partial charge in [-0.3, -0.25) is 10.1 Å². The quantitative estimate of drug-likeness (QED) is 0.748. The molecule has 3 nitrogen and oxygen atoms in total. The van der Waals surface area contributed by atoms with Crippen molar-refractivity contribution in [2.24, 2.45) is 0 Å². The molecule has 1 aromatic rings. The van der Waals surface area contributed by atoms with E-state index >= 15 is 0 Å². The van der Waals surface area contributed by atoms with Crippen LogP contribution in [-0.2, 0) is 4.79 Å². The van der Waals surface area contributed by atoms with Gasteiger partial charge in [-0.2, -0.15) is 0 Å². The number of furan rings is 1. The number of nitrogens with one attached hydrogen (secondary N) is 1. The van der Waals surface area contributed by atoms with Gasteiger partial charge in [-0.15, -0.1) is 0 Å². The molecule has 1 rings (SSSR count). The highest BCUT2D eigenvalue weighted by molar-refractivity contribution is 5.89. The molecule has 12 heavy (non-hydrogen) atoms. The molecule has 66 valence electrons. The summed E-state index contributed by atoms with van der Waals surface area (Å²) in [5.41, 5.74) is 0. The van der Waals surface area contributed by atoms with Crippen LogP contribution in [-0.4, -0.2) is 5.91 Å². The summed E-state index contributed by atoms with van der Waals surface area (Å²) < 4.78 is 4.95. The van der Waals surface area contributed by atoms with E-state index in [0.717, 1.165) is 12.8 Å². The van der Waals surface area contributed by atoms with E-state index in [9.17, 15) is 4.79 Å². The molecule has 0 aliphatic carbocycles. The summed E-state index contributed by atoms with van der Waals surface area (Å²) in [6, 6.07) is 3.47. The molecule has 0 spiro atoms. The Labute approximate surface area is 71.8 Å². The second kappa shape index (κ2) is 4.59. The molecule has 1 aromatic heterocycles. The number of rotatable bonds is 4. The van der Waals surface area contributed by atoms with Crippen molar-refractivity contribution in [3.05, 3.63) is 18.4 Å². The first kappa shape index (κ1) is 8.84. The second-order valence-electron chi connectivity index (χ2n) is 2.63. The monoisotopic (exact) mass is 167 g/mol. The second-order valence-corrected chi connectivity index (χ2v) is 2.63. The van der Waals surface area contributed by atoms with Crippen molar-refractivity contribution < 1.29 is 9.21 Å². The molecule has 0 aliphatic heterocycles. The number of anilines is 1. The minimum absolute atomic E-state index is 0.0202. The van der Waals surface area contributed by atoms with Gasteiger partial charge in [0.2, 0.25) is 5.91 Å². The standard InChI is InChI=1S/C9H13NO2/c1-2-3-5-8(11)10-9-6-4-7-12-9/h4,6-7H,2-3,5H2,1H3,(H,10,11). The van der Waals surface area contributed by atoms with Crippen LogP contribution in [0.4, 0.5) is 5.88 Å². The zero-order valence-corrected chi connectivity index (χ0v) is 7.17. The summed E-state index contributed by atoms with van der Waals surface area (Å²) in [6.45, 7) is 2.06. The first-order valence-electron chi connectivity index (χ1n) is 4.16. The Balaban J connectivity index is 2.27. The Hall–Kier alpha value is -1.25. The van der Waals surface area contributed by atoms with E-state index in [4.69, 9.17) is 4.42 Å². The third-order valence-electron chi connectivity index (χ3n) is 1.54. The van der Waals surface area contributed by atoms with E-state index < -0.39 is 0 Å². The number of carbonyl (C=O) groups is 1. The van der Waals surface area contributed by atoms with E-state index in [-0.39, 0.29) is 5.91 Å². The summed E-state index contributed by atoms with van der Waals surface area (Å²) in [5.74, 6) is 0.544. The Morgan fingerprint density at radius 3 is 3.08 bits per heavy atom. The lowest BCUT2D eigenvalue weighted by molar-refractivity contribution is -0.116. The molecule has 0 unspecified atom stereocenters. The molecule has 0 aromatic carbocycles. The van der Waals surface area contributed by atoms with Gasteiger partial charge in [0, 0.05) is 12.5 Å². The maximum absolute atomic E-state index is 11.1. The predicted molar refractivity (Wildman–Crippen MR) is 46.9 cm³/mol. The van der Waals surface area contributed by atoms with E-state index in [1.54, 1.807) is 12.1 Å². The van der Waals surface area contributed by atoms with Crippen molar-refractivity contribution in [1.82, 2.24) is 0 Å². The van der Waals surface area contributed by atoms with E-state index in [2.05, 4.69) is 12.2 Å². The summed E-state index contributed by atoms with van der Waals surface area (Å²) >= 11 is 0. The van der Waals surface area contributed by atoms with Crippen LogP contribution in [0.25, 0.3) is 0 Å². The highest BCUT2D eigenvalue weighted by Gasteiger charge is 2.01. The molecule has 0 radical (unpaired) electrons. The molecule has 0 bridgehead atoms. The fraction of sp³-hybridized carbons (Fsp3) is 0.444. The van der Waals surface area contributed by atoms with Crippen LogP contribution in [0.1, 0.15) is 26.2 Å². The van der Waals surface area contributed by atoms with Gasteiger partial charge < -0.3 is 4.42 Å². The first-order valence-corrected chi connectivity index (χ1v) is 4.16. The van der Waals surface area contributed by atoms with Crippen LogP contribution in [0.3, 0.4) is 0 Å². The van der Waals surface area contributed by atoms with Gasteiger partial charge in [0.15, 0.2) is 5.88 Å². The van der Waals surface area contributed by atoms with Crippen molar-refractivity contribution in [2.75, 3.05) is 5.32 Å². The third-order valence-corrected chi connectivity index (χ3v) is 1.54. The molecule has 3 heteroatoms. The van der Waals surface area contributed by atoms with Gasteiger partial charge in [0.05, 0.1) is 6.26 Å². The van der Waals surface area contributed by atoms with E-state index in [1.807, 2.05) is 0 Å². The van der Waals surface area contributed by atoms with E-state index in [1.165, 1.54) is 6.26 Å². The molecule has 1 amide bonds. The number of unbranched alkanes of at least 4 members (excludes halogenated alkanes) is 1. The Kier molecular flexibility index (Phi) is 3.38. The molecule has 1 heterocycles. The average molecular weight is 167 g/mol. The lowest BCUT2D eigenvalue weighted by atomic mass is 10.2. The zero-order valence-electron chi connectivity index (χ0n) is 7.17. The summed E-state index contributed by atoms with van der Waals surface area (Å²) in [6.07, 6.45) is 4.06. The summed E-state index contributed by atoms with van der Waals surface area (Å²) in [4.78, 5) is 11.1. The van der Waals surface area contributed by atoms with Gasteiger partial charge in [0.25, 0.3) is 0 Å². The maximum atomic E-state index is 11.1. The molecular weight excluding hydrogens is 154 g/mol. The van der Waals surface area contributed by atoms with Crippen molar-refractivity contribution in [2.45, 2.75) is 26.2 Å². The van der Waals surface area contributed by atoms with Gasteiger partial charge in [0.1, 0.15) is 0 Å². The molecule has 1 N–H and O–H groups in total. The molecule has 0 aliphatic rings. The van der Waals surface area contributed by atoms with Crippen molar-refractivity contribution in [3.8, 4) is 0 Å². The fourth-order valence-electron chi connectivity index (χ4n) is 0.887. The van der Waals surface area contributed by atoms with Crippen LogP contribution >= 0.6 is 0 Å². The first-order chi connectivity index (χ1) is 5.83. The SMILES string of the molecule is CCCCC(=O)Nc1ccco1. The molecular formula is C9H13NO2. The Morgan fingerprint density at radius 2 is 2.50 bits per heavy atom. The molecule has 0 fully saturated rings. The Bertz CT molecular complexity index is 229. The topological polar surface area (TPSA) is 42.2 Å². The number of carbonyl (C=O) groups excluding carboxylic acids is 1. The van der Waals surface area contributed by atoms with Crippen LogP contribution < -0.4 is 5.32 Å². The van der Waals surface area contributed by atoms with Gasteiger partial charge >= 0.3 is 0 Å². The largest absolute Gasteiger partial charge is 0.449 e. The van der Waals surface area contributed by atoms with Crippen LogP contribution in [0, 0.1) is 0 Å². The summed E-state index contributed by atoms with van der Waals surface area (Å²) in [7, 11) is 0. The summed E-state index contributed by atoms with van der Waals surface area (Å²) in [5, 5.41) is 2.65. The molecule has 0 atom stereocenters. The number of amides is 1.